The van der Waals surface area contributed by atoms with E-state index < -0.39 is 41.1 Å². The first-order valence-corrected chi connectivity index (χ1v) is 14.6. The molecule has 41 heavy (non-hydrogen) atoms. The van der Waals surface area contributed by atoms with Crippen molar-refractivity contribution in [3.63, 3.8) is 0 Å². The maximum Gasteiger partial charge on any atom is 0.312 e. The van der Waals surface area contributed by atoms with Crippen LogP contribution in [-0.2, 0) is 23.9 Å². The molecule has 0 aliphatic carbocycles. The molecule has 4 rings (SSSR count). The number of benzene rings is 1. The van der Waals surface area contributed by atoms with Gasteiger partial charge in [0.05, 0.1) is 37.9 Å². The van der Waals surface area contributed by atoms with Crippen LogP contribution in [0.15, 0.2) is 49.6 Å². The van der Waals surface area contributed by atoms with Gasteiger partial charge < -0.3 is 29.1 Å². The summed E-state index contributed by atoms with van der Waals surface area (Å²) in [6, 6.07) is 5.47. The summed E-state index contributed by atoms with van der Waals surface area (Å²) < 4.78 is 17.8. The fourth-order valence-electron chi connectivity index (χ4n) is 7.20. The van der Waals surface area contributed by atoms with E-state index in [9.17, 15) is 19.5 Å². The maximum absolute atomic E-state index is 14.7. The molecule has 0 radical (unpaired) electrons. The molecule has 0 aromatic heterocycles. The molecule has 3 fully saturated rings. The third-order valence-corrected chi connectivity index (χ3v) is 8.98. The molecular formula is C32H44N2O7. The second-order valence-electron chi connectivity index (χ2n) is 11.7. The van der Waals surface area contributed by atoms with Crippen LogP contribution in [0.5, 0.6) is 5.75 Å². The highest BCUT2D eigenvalue weighted by Crippen LogP contribution is 2.65. The predicted octanol–water partition coefficient (Wildman–Crippen LogP) is 3.90. The van der Waals surface area contributed by atoms with E-state index in [1.807, 2.05) is 20.8 Å². The van der Waals surface area contributed by atoms with E-state index in [1.54, 1.807) is 48.4 Å². The van der Waals surface area contributed by atoms with Gasteiger partial charge in [0.25, 0.3) is 5.91 Å². The summed E-state index contributed by atoms with van der Waals surface area (Å²) >= 11 is 0. The molecule has 3 aliphatic heterocycles. The van der Waals surface area contributed by atoms with Crippen molar-refractivity contribution in [1.82, 2.24) is 4.90 Å². The molecular weight excluding hydrogens is 524 g/mol. The number of hydrogen-bond acceptors (Lipinski definition) is 7. The van der Waals surface area contributed by atoms with Gasteiger partial charge in [-0.05, 0) is 62.3 Å². The summed E-state index contributed by atoms with van der Waals surface area (Å²) in [6.45, 7) is 13.6. The molecule has 2 unspecified atom stereocenters. The topological polar surface area (TPSA) is 106 Å². The number of aliphatic hydroxyl groups excluding tert-OH is 1. The number of esters is 1. The van der Waals surface area contributed by atoms with Crippen molar-refractivity contribution in [2.75, 3.05) is 31.8 Å². The quantitative estimate of drug-likeness (QED) is 0.206. The number of rotatable bonds is 14. The monoisotopic (exact) mass is 568 g/mol. The third-order valence-electron chi connectivity index (χ3n) is 8.98. The first-order chi connectivity index (χ1) is 19.6. The van der Waals surface area contributed by atoms with Crippen molar-refractivity contribution in [1.29, 1.82) is 0 Å². The van der Waals surface area contributed by atoms with Gasteiger partial charge in [-0.25, -0.2) is 0 Å². The fraction of sp³-hybridized carbons (Fsp3) is 0.594. The highest BCUT2D eigenvalue weighted by atomic mass is 16.6. The molecule has 9 heteroatoms. The van der Waals surface area contributed by atoms with Crippen LogP contribution in [-0.4, -0.2) is 77.9 Å². The lowest BCUT2D eigenvalue weighted by molar-refractivity contribution is -0.162. The number of hydrogen-bond donors (Lipinski definition) is 1. The van der Waals surface area contributed by atoms with Gasteiger partial charge in [0.15, 0.2) is 0 Å². The largest absolute Gasteiger partial charge is 0.497 e. The van der Waals surface area contributed by atoms with Crippen molar-refractivity contribution >= 4 is 23.5 Å². The number of aliphatic hydroxyl groups is 1. The van der Waals surface area contributed by atoms with Gasteiger partial charge >= 0.3 is 5.97 Å². The normalized spacial score (nSPS) is 28.9. The van der Waals surface area contributed by atoms with E-state index in [0.29, 0.717) is 43.5 Å². The van der Waals surface area contributed by atoms with Crippen molar-refractivity contribution in [3.05, 3.63) is 49.6 Å². The van der Waals surface area contributed by atoms with Gasteiger partial charge in [-0.3, -0.25) is 14.4 Å². The summed E-state index contributed by atoms with van der Waals surface area (Å²) in [7, 11) is 1.57. The van der Waals surface area contributed by atoms with Crippen LogP contribution in [0, 0.1) is 17.8 Å². The maximum atomic E-state index is 14.7. The molecule has 3 saturated heterocycles. The molecule has 1 aromatic carbocycles. The number of nitrogens with zero attached hydrogens (tertiary/aromatic N) is 2. The molecule has 6 atom stereocenters. The minimum absolute atomic E-state index is 0.151. The number of anilines is 1. The van der Waals surface area contributed by atoms with E-state index in [1.165, 1.54) is 4.90 Å². The Kier molecular flexibility index (Phi) is 9.29. The van der Waals surface area contributed by atoms with Gasteiger partial charge in [-0.2, -0.15) is 0 Å². The summed E-state index contributed by atoms with van der Waals surface area (Å²) in [5, 5.41) is 10.5. The molecule has 1 aromatic rings. The molecule has 1 spiro atoms. The van der Waals surface area contributed by atoms with Crippen LogP contribution in [0.3, 0.4) is 0 Å². The third kappa shape index (κ3) is 5.18. The fourth-order valence-corrected chi connectivity index (χ4v) is 7.20. The first-order valence-electron chi connectivity index (χ1n) is 14.6. The molecule has 0 saturated carbocycles. The first kappa shape index (κ1) is 30.8. The Morgan fingerprint density at radius 2 is 1.93 bits per heavy atom. The SMILES string of the molecule is C=CCCOC(=O)[C@@H]1[C@H]2C(=O)N([C@@H](CO)CC(C)C)C(C(=O)N(CC=C)c3ccc(OC)cc3)C23CC[C@@]1(CC)O3. The number of ether oxygens (including phenoxy) is 3. The van der Waals surface area contributed by atoms with Crippen LogP contribution in [0.1, 0.15) is 52.9 Å². The standard InChI is InChI=1S/C32H44N2O7/c1-7-10-18-40-30(38)26-25-28(36)34(23(20-35)19-21(4)5)27(32(25)16-15-31(26,9-3)41-32)29(37)33(17-8-2)22-11-13-24(39-6)14-12-22/h7-8,11-14,21,23,25-27,35H,1-2,9-10,15-20H2,3-6H3/t23-,25+,26+,27?,31-,32?/m1/s1. The Hall–Kier alpha value is -3.17. The van der Waals surface area contributed by atoms with E-state index in [-0.39, 0.29) is 37.5 Å². The van der Waals surface area contributed by atoms with Gasteiger partial charge in [0.1, 0.15) is 23.3 Å². The van der Waals surface area contributed by atoms with E-state index in [2.05, 4.69) is 13.2 Å². The number of fused-ring (bicyclic) bond motifs is 1. The van der Waals surface area contributed by atoms with E-state index >= 15 is 0 Å². The summed E-state index contributed by atoms with van der Waals surface area (Å²) in [6.07, 6.45) is 5.78. The molecule has 1 N–H and O–H groups in total. The second-order valence-corrected chi connectivity index (χ2v) is 11.7. The van der Waals surface area contributed by atoms with Crippen molar-refractivity contribution in [2.45, 2.75) is 76.2 Å². The van der Waals surface area contributed by atoms with Crippen LogP contribution >= 0.6 is 0 Å². The minimum atomic E-state index is -1.22. The lowest BCUT2D eigenvalue weighted by atomic mass is 9.65. The molecule has 2 amide bonds. The van der Waals surface area contributed by atoms with Gasteiger partial charge in [-0.15, -0.1) is 13.2 Å². The van der Waals surface area contributed by atoms with Gasteiger partial charge in [0, 0.05) is 12.2 Å². The second kappa shape index (κ2) is 12.4. The average Bonchev–Trinajstić information content (AvgIpc) is 3.58. The number of carbonyl (C=O) groups is 3. The van der Waals surface area contributed by atoms with Crippen LogP contribution in [0.25, 0.3) is 0 Å². The Balaban J connectivity index is 1.83. The zero-order chi connectivity index (χ0) is 29.9. The Labute approximate surface area is 243 Å². The minimum Gasteiger partial charge on any atom is -0.497 e. The molecule has 9 nitrogen and oxygen atoms in total. The molecule has 3 heterocycles. The highest BCUT2D eigenvalue weighted by Gasteiger charge is 2.79. The molecule has 2 bridgehead atoms. The number of methoxy groups -OCH3 is 1. The van der Waals surface area contributed by atoms with Crippen LogP contribution in [0.2, 0.25) is 0 Å². The van der Waals surface area contributed by atoms with Crippen molar-refractivity contribution in [2.24, 2.45) is 17.8 Å². The Bertz CT molecular complexity index is 1150. The van der Waals surface area contributed by atoms with E-state index in [0.717, 1.165) is 0 Å². The van der Waals surface area contributed by atoms with Gasteiger partial charge in [-0.1, -0.05) is 32.9 Å². The number of carbonyl (C=O) groups excluding carboxylic acids is 3. The number of amides is 2. The Morgan fingerprint density at radius 3 is 2.49 bits per heavy atom. The van der Waals surface area contributed by atoms with Crippen LogP contribution < -0.4 is 9.64 Å². The predicted molar refractivity (Wildman–Crippen MR) is 155 cm³/mol. The van der Waals surface area contributed by atoms with Crippen molar-refractivity contribution in [3.8, 4) is 5.75 Å². The summed E-state index contributed by atoms with van der Waals surface area (Å²) in [5.74, 6) is -2.08. The zero-order valence-corrected chi connectivity index (χ0v) is 24.7. The summed E-state index contributed by atoms with van der Waals surface area (Å²) in [4.78, 5) is 45.9. The summed E-state index contributed by atoms with van der Waals surface area (Å²) in [5.41, 5.74) is -1.50. The smallest absolute Gasteiger partial charge is 0.312 e. The zero-order valence-electron chi connectivity index (χ0n) is 24.7. The lowest BCUT2D eigenvalue weighted by Gasteiger charge is -2.40. The van der Waals surface area contributed by atoms with Crippen molar-refractivity contribution < 1.29 is 33.7 Å². The molecule has 224 valence electrons. The highest BCUT2D eigenvalue weighted by molar-refractivity contribution is 6.05. The van der Waals surface area contributed by atoms with E-state index in [4.69, 9.17) is 14.2 Å². The average molecular weight is 569 g/mol. The number of likely N-dealkylation sites (tertiary alicyclic amines) is 1. The molecule has 3 aliphatic rings. The lowest BCUT2D eigenvalue weighted by Crippen LogP contribution is -2.59. The van der Waals surface area contributed by atoms with Gasteiger partial charge in [0.2, 0.25) is 5.91 Å². The Morgan fingerprint density at radius 1 is 1.22 bits per heavy atom. The van der Waals surface area contributed by atoms with Crippen LogP contribution in [0.4, 0.5) is 5.69 Å².